The van der Waals surface area contributed by atoms with Gasteiger partial charge in [-0.25, -0.2) is 0 Å². The summed E-state index contributed by atoms with van der Waals surface area (Å²) in [7, 11) is 0. The minimum atomic E-state index is -0.0833. The van der Waals surface area contributed by atoms with Gasteiger partial charge in [-0.15, -0.1) is 0 Å². The van der Waals surface area contributed by atoms with Crippen LogP contribution in [0.5, 0.6) is 0 Å². The average Bonchev–Trinajstić information content (AvgIpc) is 2.65. The second-order valence-corrected chi connectivity index (χ2v) is 9.75. The molecule has 0 radical (unpaired) electrons. The SMILES string of the molecule is C=C1C[C@]23C[C@H]1CC[C@H]2[C@]1(C)CCCC(C)(C)[C@H]1C[C@H]3O. The lowest BCUT2D eigenvalue weighted by Gasteiger charge is -2.65. The fraction of sp³-hybridized carbons (Fsp3) is 0.900. The summed E-state index contributed by atoms with van der Waals surface area (Å²) in [5.41, 5.74) is 2.51. The molecule has 0 heterocycles. The molecule has 4 aliphatic rings. The summed E-state index contributed by atoms with van der Waals surface area (Å²) >= 11 is 0. The van der Waals surface area contributed by atoms with Gasteiger partial charge in [0, 0.05) is 5.41 Å². The van der Waals surface area contributed by atoms with Gasteiger partial charge in [-0.3, -0.25) is 0 Å². The molecule has 6 atom stereocenters. The summed E-state index contributed by atoms with van der Waals surface area (Å²) in [6.07, 6.45) is 10.1. The monoisotopic (exact) mass is 288 g/mol. The Bertz CT molecular complexity index is 478. The van der Waals surface area contributed by atoms with Crippen molar-refractivity contribution in [2.45, 2.75) is 78.2 Å². The fourth-order valence-corrected chi connectivity index (χ4v) is 7.57. The first-order valence-electron chi connectivity index (χ1n) is 9.15. The second kappa shape index (κ2) is 4.16. The van der Waals surface area contributed by atoms with Gasteiger partial charge in [-0.2, -0.15) is 0 Å². The Morgan fingerprint density at radius 3 is 2.62 bits per heavy atom. The maximum Gasteiger partial charge on any atom is 0.0605 e. The van der Waals surface area contributed by atoms with Crippen molar-refractivity contribution in [1.29, 1.82) is 0 Å². The maximum atomic E-state index is 11.1. The molecule has 4 aliphatic carbocycles. The number of aliphatic hydroxyl groups excluding tert-OH is 1. The van der Waals surface area contributed by atoms with Crippen molar-refractivity contribution in [2.24, 2.45) is 34.0 Å². The van der Waals surface area contributed by atoms with Crippen LogP contribution in [0.15, 0.2) is 12.2 Å². The largest absolute Gasteiger partial charge is 0.393 e. The molecule has 0 saturated heterocycles. The first-order chi connectivity index (χ1) is 9.80. The first kappa shape index (κ1) is 14.3. The van der Waals surface area contributed by atoms with Gasteiger partial charge in [0.15, 0.2) is 0 Å². The molecule has 1 N–H and O–H groups in total. The van der Waals surface area contributed by atoms with Crippen LogP contribution in [0.1, 0.15) is 72.1 Å². The highest BCUT2D eigenvalue weighted by molar-refractivity contribution is 5.24. The van der Waals surface area contributed by atoms with Gasteiger partial charge in [0.25, 0.3) is 0 Å². The van der Waals surface area contributed by atoms with Gasteiger partial charge in [0.1, 0.15) is 0 Å². The third-order valence-electron chi connectivity index (χ3n) is 8.45. The third kappa shape index (κ3) is 1.68. The number of hydrogen-bond donors (Lipinski definition) is 1. The Balaban J connectivity index is 1.79. The predicted octanol–water partition coefficient (Wildman–Crippen LogP) is 4.95. The third-order valence-corrected chi connectivity index (χ3v) is 8.45. The van der Waals surface area contributed by atoms with Crippen LogP contribution in [0.4, 0.5) is 0 Å². The Kier molecular flexibility index (Phi) is 2.83. The van der Waals surface area contributed by atoms with E-state index in [1.165, 1.54) is 44.1 Å². The lowest BCUT2D eigenvalue weighted by atomic mass is 9.40. The van der Waals surface area contributed by atoms with Crippen LogP contribution < -0.4 is 0 Å². The summed E-state index contributed by atoms with van der Waals surface area (Å²) < 4.78 is 0. The van der Waals surface area contributed by atoms with Crippen molar-refractivity contribution in [3.05, 3.63) is 12.2 Å². The number of aliphatic hydroxyl groups is 1. The van der Waals surface area contributed by atoms with E-state index in [2.05, 4.69) is 27.4 Å². The zero-order valence-corrected chi connectivity index (χ0v) is 14.1. The van der Waals surface area contributed by atoms with E-state index in [9.17, 15) is 5.11 Å². The average molecular weight is 288 g/mol. The topological polar surface area (TPSA) is 20.2 Å². The molecule has 4 fully saturated rings. The van der Waals surface area contributed by atoms with Crippen LogP contribution in [0.25, 0.3) is 0 Å². The quantitative estimate of drug-likeness (QED) is 0.626. The lowest BCUT2D eigenvalue weighted by molar-refractivity contribution is -0.196. The van der Waals surface area contributed by atoms with Crippen LogP contribution in [0.2, 0.25) is 0 Å². The molecule has 0 aromatic carbocycles. The minimum absolute atomic E-state index is 0.0833. The molecule has 1 spiro atoms. The normalized spacial score (nSPS) is 55.0. The molecule has 0 amide bonds. The minimum Gasteiger partial charge on any atom is -0.393 e. The van der Waals surface area contributed by atoms with E-state index in [1.54, 1.807) is 0 Å². The summed E-state index contributed by atoms with van der Waals surface area (Å²) in [6.45, 7) is 11.9. The zero-order chi connectivity index (χ0) is 15.0. The molecule has 21 heavy (non-hydrogen) atoms. The van der Waals surface area contributed by atoms with Crippen LogP contribution >= 0.6 is 0 Å². The molecule has 0 unspecified atom stereocenters. The Labute approximate surface area is 130 Å². The van der Waals surface area contributed by atoms with Gasteiger partial charge < -0.3 is 5.11 Å². The molecule has 0 aromatic heterocycles. The Hall–Kier alpha value is -0.300. The summed E-state index contributed by atoms with van der Waals surface area (Å²) in [6, 6.07) is 0. The highest BCUT2D eigenvalue weighted by atomic mass is 16.3. The van der Waals surface area contributed by atoms with Crippen molar-refractivity contribution in [2.75, 3.05) is 0 Å². The highest BCUT2D eigenvalue weighted by Gasteiger charge is 2.66. The van der Waals surface area contributed by atoms with Gasteiger partial charge in [-0.05, 0) is 73.5 Å². The van der Waals surface area contributed by atoms with Crippen molar-refractivity contribution < 1.29 is 5.11 Å². The van der Waals surface area contributed by atoms with Crippen LogP contribution in [-0.2, 0) is 0 Å². The summed E-state index contributed by atoms with van der Waals surface area (Å²) in [4.78, 5) is 0. The standard InChI is InChI=1S/C20H32O/c1-13-11-20-12-14(13)6-7-15(20)19(4)9-5-8-18(2,3)16(19)10-17(20)21/h14-17,21H,1,5-12H2,2-4H3/t14-,15+,16-,17-,19+,20+/m1/s1. The van der Waals surface area contributed by atoms with Crippen LogP contribution in [0.3, 0.4) is 0 Å². The van der Waals surface area contributed by atoms with E-state index >= 15 is 0 Å². The van der Waals surface area contributed by atoms with Gasteiger partial charge in [-0.1, -0.05) is 39.3 Å². The zero-order valence-electron chi connectivity index (χ0n) is 14.1. The Morgan fingerprint density at radius 1 is 1.10 bits per heavy atom. The molecule has 1 heteroatoms. The van der Waals surface area contributed by atoms with Crippen LogP contribution in [0, 0.1) is 34.0 Å². The van der Waals surface area contributed by atoms with Crippen LogP contribution in [-0.4, -0.2) is 11.2 Å². The molecule has 4 rings (SSSR count). The molecular formula is C20H32O. The van der Waals surface area contributed by atoms with E-state index in [-0.39, 0.29) is 11.5 Å². The van der Waals surface area contributed by atoms with E-state index in [1.807, 2.05) is 0 Å². The number of allylic oxidation sites excluding steroid dienone is 1. The van der Waals surface area contributed by atoms with E-state index in [0.29, 0.717) is 22.7 Å². The van der Waals surface area contributed by atoms with Gasteiger partial charge in [0.05, 0.1) is 6.10 Å². The maximum absolute atomic E-state index is 11.1. The van der Waals surface area contributed by atoms with E-state index < -0.39 is 0 Å². The predicted molar refractivity (Wildman–Crippen MR) is 86.9 cm³/mol. The van der Waals surface area contributed by atoms with Crippen molar-refractivity contribution >= 4 is 0 Å². The molecule has 1 nitrogen and oxygen atoms in total. The number of hydrogen-bond acceptors (Lipinski definition) is 1. The number of rotatable bonds is 0. The number of fused-ring (bicyclic) bond motifs is 3. The summed E-state index contributed by atoms with van der Waals surface area (Å²) in [5, 5.41) is 11.1. The first-order valence-corrected chi connectivity index (χ1v) is 9.15. The molecule has 0 aliphatic heterocycles. The molecule has 2 bridgehead atoms. The molecular weight excluding hydrogens is 256 g/mol. The molecule has 0 aromatic rings. The van der Waals surface area contributed by atoms with Crippen molar-refractivity contribution in [3.8, 4) is 0 Å². The lowest BCUT2D eigenvalue weighted by Crippen LogP contribution is -2.61. The van der Waals surface area contributed by atoms with Crippen molar-refractivity contribution in [3.63, 3.8) is 0 Å². The van der Waals surface area contributed by atoms with E-state index in [4.69, 9.17) is 0 Å². The second-order valence-electron chi connectivity index (χ2n) is 9.75. The summed E-state index contributed by atoms with van der Waals surface area (Å²) in [5.74, 6) is 2.15. The van der Waals surface area contributed by atoms with E-state index in [0.717, 1.165) is 18.8 Å². The fourth-order valence-electron chi connectivity index (χ4n) is 7.57. The molecule has 118 valence electrons. The van der Waals surface area contributed by atoms with Crippen molar-refractivity contribution in [1.82, 2.24) is 0 Å². The van der Waals surface area contributed by atoms with Gasteiger partial charge >= 0.3 is 0 Å². The molecule has 4 saturated carbocycles. The highest BCUT2D eigenvalue weighted by Crippen LogP contribution is 2.71. The Morgan fingerprint density at radius 2 is 1.86 bits per heavy atom. The smallest absolute Gasteiger partial charge is 0.0605 e. The van der Waals surface area contributed by atoms with Gasteiger partial charge in [0.2, 0.25) is 0 Å².